The van der Waals surface area contributed by atoms with Crippen molar-refractivity contribution >= 4 is 10.8 Å². The number of fused-ring (bicyclic) bond motifs is 1. The van der Waals surface area contributed by atoms with E-state index in [-0.39, 0.29) is 6.10 Å². The Balaban J connectivity index is 1.71. The number of nitrogens with zero attached hydrogens (tertiary/aromatic N) is 3. The lowest BCUT2D eigenvalue weighted by molar-refractivity contribution is 0.134. The highest BCUT2D eigenvalue weighted by molar-refractivity contribution is 5.86. The van der Waals surface area contributed by atoms with Gasteiger partial charge < -0.3 is 4.74 Å². The first-order valence-corrected chi connectivity index (χ1v) is 8.95. The number of pyridine rings is 2. The van der Waals surface area contributed by atoms with Crippen LogP contribution in [0, 0.1) is 0 Å². The Labute approximate surface area is 155 Å². The highest BCUT2D eigenvalue weighted by atomic mass is 16.5. The Morgan fingerprint density at radius 2 is 2.04 bits per heavy atom. The maximum absolute atomic E-state index is 6.32. The lowest BCUT2D eigenvalue weighted by Crippen LogP contribution is -2.33. The number of ether oxygens (including phenoxy) is 1. The third-order valence-electron chi connectivity index (χ3n) is 4.30. The molecule has 0 aliphatic carbocycles. The zero-order valence-electron chi connectivity index (χ0n) is 15.2. The molecule has 1 aromatic carbocycles. The van der Waals surface area contributed by atoms with Crippen molar-refractivity contribution in [3.8, 4) is 5.88 Å². The molecule has 4 nitrogen and oxygen atoms in total. The van der Waals surface area contributed by atoms with Gasteiger partial charge in [0.1, 0.15) is 6.10 Å². The van der Waals surface area contributed by atoms with Crippen molar-refractivity contribution in [2.24, 2.45) is 0 Å². The molecule has 134 valence electrons. The van der Waals surface area contributed by atoms with Crippen LogP contribution in [0.15, 0.2) is 73.7 Å². The van der Waals surface area contributed by atoms with E-state index in [0.29, 0.717) is 5.88 Å². The van der Waals surface area contributed by atoms with Crippen molar-refractivity contribution in [1.82, 2.24) is 14.9 Å². The molecule has 0 radical (unpaired) electrons. The molecule has 0 saturated carbocycles. The molecule has 1 atom stereocenters. The zero-order valence-corrected chi connectivity index (χ0v) is 15.2. The summed E-state index contributed by atoms with van der Waals surface area (Å²) in [6.07, 6.45) is 9.32. The van der Waals surface area contributed by atoms with Crippen molar-refractivity contribution in [3.05, 3.63) is 79.3 Å². The molecule has 2 heterocycles. The molecule has 0 N–H and O–H groups in total. The van der Waals surface area contributed by atoms with Crippen LogP contribution in [0.3, 0.4) is 0 Å². The predicted octanol–water partition coefficient (Wildman–Crippen LogP) is 4.48. The molecular weight excluding hydrogens is 322 g/mol. The van der Waals surface area contributed by atoms with E-state index in [1.807, 2.05) is 42.7 Å². The lowest BCUT2D eigenvalue weighted by atomic mass is 10.1. The first-order valence-electron chi connectivity index (χ1n) is 8.95. The van der Waals surface area contributed by atoms with Gasteiger partial charge in [-0.3, -0.25) is 9.88 Å². The van der Waals surface area contributed by atoms with Crippen molar-refractivity contribution < 1.29 is 4.74 Å². The van der Waals surface area contributed by atoms with Crippen LogP contribution >= 0.6 is 0 Å². The summed E-state index contributed by atoms with van der Waals surface area (Å²) >= 11 is 0. The van der Waals surface area contributed by atoms with E-state index in [2.05, 4.69) is 46.7 Å². The van der Waals surface area contributed by atoms with Crippen LogP contribution in [0.2, 0.25) is 0 Å². The number of hydrogen-bond acceptors (Lipinski definition) is 4. The van der Waals surface area contributed by atoms with Crippen LogP contribution < -0.4 is 4.74 Å². The molecular formula is C22H25N3O. The summed E-state index contributed by atoms with van der Waals surface area (Å²) in [4.78, 5) is 10.9. The molecule has 0 fully saturated rings. The Kier molecular flexibility index (Phi) is 6.34. The summed E-state index contributed by atoms with van der Waals surface area (Å²) in [5.74, 6) is 0.701. The summed E-state index contributed by atoms with van der Waals surface area (Å²) in [6.45, 7) is 5.49. The van der Waals surface area contributed by atoms with Crippen molar-refractivity contribution in [2.45, 2.75) is 25.5 Å². The minimum Gasteiger partial charge on any atom is -0.473 e. The maximum atomic E-state index is 6.32. The van der Waals surface area contributed by atoms with E-state index < -0.39 is 0 Å². The quantitative estimate of drug-likeness (QED) is 0.535. The molecule has 0 spiro atoms. The van der Waals surface area contributed by atoms with Crippen LogP contribution in [-0.4, -0.2) is 34.6 Å². The molecule has 0 bridgehead atoms. The fraction of sp³-hybridized carbons (Fsp3) is 0.273. The number of rotatable bonds is 9. The molecule has 2 aromatic heterocycles. The highest BCUT2D eigenvalue weighted by Crippen LogP contribution is 2.24. The summed E-state index contributed by atoms with van der Waals surface area (Å²) < 4.78 is 6.32. The minimum atomic E-state index is 0.0491. The van der Waals surface area contributed by atoms with Gasteiger partial charge in [-0.1, -0.05) is 30.3 Å². The standard InChI is InChI=1S/C22H25N3O/c1-3-4-10-20(17-25(2)16-18-8-7-13-23-15-18)26-22-21-11-6-5-9-19(21)12-14-24-22/h3,5-9,11-15,20H,1,4,10,16-17H2,2H3. The van der Waals surface area contributed by atoms with Gasteiger partial charge in [-0.05, 0) is 49.0 Å². The molecule has 0 aliphatic rings. The second kappa shape index (κ2) is 9.11. The molecule has 26 heavy (non-hydrogen) atoms. The first kappa shape index (κ1) is 18.1. The van der Waals surface area contributed by atoms with Gasteiger partial charge in [-0.25, -0.2) is 4.98 Å². The van der Waals surface area contributed by atoms with E-state index in [0.717, 1.165) is 36.7 Å². The van der Waals surface area contributed by atoms with E-state index in [1.165, 1.54) is 5.56 Å². The van der Waals surface area contributed by atoms with Crippen molar-refractivity contribution in [1.29, 1.82) is 0 Å². The molecule has 1 unspecified atom stereocenters. The second-order valence-electron chi connectivity index (χ2n) is 6.50. The van der Waals surface area contributed by atoms with E-state index in [4.69, 9.17) is 4.74 Å². The third kappa shape index (κ3) is 4.90. The number of aromatic nitrogens is 2. The topological polar surface area (TPSA) is 38.2 Å². The van der Waals surface area contributed by atoms with Gasteiger partial charge in [0, 0.05) is 37.1 Å². The molecule has 0 saturated heterocycles. The van der Waals surface area contributed by atoms with Crippen LogP contribution in [0.4, 0.5) is 0 Å². The van der Waals surface area contributed by atoms with Crippen LogP contribution in [0.5, 0.6) is 5.88 Å². The first-order chi connectivity index (χ1) is 12.8. The fourth-order valence-corrected chi connectivity index (χ4v) is 3.05. The van der Waals surface area contributed by atoms with E-state index in [1.54, 1.807) is 6.20 Å². The Morgan fingerprint density at radius 3 is 2.85 bits per heavy atom. The van der Waals surface area contributed by atoms with Gasteiger partial charge in [0.05, 0.1) is 0 Å². The number of likely N-dealkylation sites (N-methyl/N-ethyl adjacent to an activating group) is 1. The van der Waals surface area contributed by atoms with Gasteiger partial charge in [-0.2, -0.15) is 0 Å². The average Bonchev–Trinajstić information content (AvgIpc) is 2.67. The van der Waals surface area contributed by atoms with Gasteiger partial charge >= 0.3 is 0 Å². The number of hydrogen-bond donors (Lipinski definition) is 0. The monoisotopic (exact) mass is 347 g/mol. The summed E-state index contributed by atoms with van der Waals surface area (Å²) in [6, 6.07) is 14.3. The number of benzene rings is 1. The number of allylic oxidation sites excluding steroid dienone is 1. The largest absolute Gasteiger partial charge is 0.473 e. The smallest absolute Gasteiger partial charge is 0.221 e. The fourth-order valence-electron chi connectivity index (χ4n) is 3.05. The molecule has 0 aliphatic heterocycles. The molecule has 0 amide bonds. The summed E-state index contributed by atoms with van der Waals surface area (Å²) in [5, 5.41) is 2.19. The van der Waals surface area contributed by atoms with Gasteiger partial charge in [0.2, 0.25) is 5.88 Å². The Hall–Kier alpha value is -2.72. The minimum absolute atomic E-state index is 0.0491. The Bertz CT molecular complexity index is 830. The SMILES string of the molecule is C=CCCC(CN(C)Cc1cccnc1)Oc1nccc2ccccc12. The van der Waals surface area contributed by atoms with Crippen LogP contribution in [-0.2, 0) is 6.54 Å². The van der Waals surface area contributed by atoms with Gasteiger partial charge in [0.25, 0.3) is 0 Å². The summed E-state index contributed by atoms with van der Waals surface area (Å²) in [7, 11) is 2.10. The molecule has 3 aromatic rings. The van der Waals surface area contributed by atoms with E-state index >= 15 is 0 Å². The summed E-state index contributed by atoms with van der Waals surface area (Å²) in [5.41, 5.74) is 1.20. The van der Waals surface area contributed by atoms with E-state index in [9.17, 15) is 0 Å². The molecule has 4 heteroatoms. The maximum Gasteiger partial charge on any atom is 0.221 e. The van der Waals surface area contributed by atoms with Crippen molar-refractivity contribution in [2.75, 3.05) is 13.6 Å². The second-order valence-corrected chi connectivity index (χ2v) is 6.50. The van der Waals surface area contributed by atoms with Gasteiger partial charge in [0.15, 0.2) is 0 Å². The van der Waals surface area contributed by atoms with Crippen molar-refractivity contribution in [3.63, 3.8) is 0 Å². The third-order valence-corrected chi connectivity index (χ3v) is 4.30. The normalized spacial score (nSPS) is 12.2. The van der Waals surface area contributed by atoms with Crippen LogP contribution in [0.1, 0.15) is 18.4 Å². The highest BCUT2D eigenvalue weighted by Gasteiger charge is 2.15. The van der Waals surface area contributed by atoms with Gasteiger partial charge in [-0.15, -0.1) is 6.58 Å². The van der Waals surface area contributed by atoms with Crippen LogP contribution in [0.25, 0.3) is 10.8 Å². The average molecular weight is 347 g/mol. The predicted molar refractivity (Wildman–Crippen MR) is 106 cm³/mol. The Morgan fingerprint density at radius 1 is 1.15 bits per heavy atom. The zero-order chi connectivity index (χ0) is 18.2. The molecule has 3 rings (SSSR count). The lowest BCUT2D eigenvalue weighted by Gasteiger charge is -2.25.